The topological polar surface area (TPSA) is 55.4 Å². The molecule has 1 aliphatic heterocycles. The first kappa shape index (κ1) is 20.3. The minimum Gasteiger partial charge on any atom is -0.381 e. The number of hydrogen-bond acceptors (Lipinski definition) is 3. The molecular weight excluding hydrogens is 398 g/mol. The van der Waals surface area contributed by atoms with E-state index in [1.165, 1.54) is 0 Å². The predicted octanol–water partition coefficient (Wildman–Crippen LogP) is 5.26. The Labute approximate surface area is 180 Å². The van der Waals surface area contributed by atoms with E-state index >= 15 is 0 Å². The van der Waals surface area contributed by atoms with Gasteiger partial charge in [0.1, 0.15) is 0 Å². The Hall–Kier alpha value is -2.95. The molecule has 1 N–H and O–H groups in total. The highest BCUT2D eigenvalue weighted by Crippen LogP contribution is 2.37. The first-order valence-electron chi connectivity index (χ1n) is 9.94. The lowest BCUT2D eigenvalue weighted by Gasteiger charge is -2.36. The number of carbonyl (C=O) groups excluding carboxylic acids is 2. The van der Waals surface area contributed by atoms with Crippen molar-refractivity contribution < 1.29 is 14.3 Å². The average molecular weight is 420 g/mol. The number of carbonyl (C=O) groups is 2. The first-order valence-corrected chi connectivity index (χ1v) is 10.3. The van der Waals surface area contributed by atoms with Crippen LogP contribution in [0.5, 0.6) is 0 Å². The van der Waals surface area contributed by atoms with Gasteiger partial charge < -0.3 is 10.1 Å². The maximum Gasteiger partial charge on any atom is 0.235 e. The lowest BCUT2D eigenvalue weighted by molar-refractivity contribution is -0.125. The molecule has 4 nitrogen and oxygen atoms in total. The normalized spacial score (nSPS) is 15.4. The Morgan fingerprint density at radius 3 is 2.27 bits per heavy atom. The number of halogens is 1. The number of amides is 1. The van der Waals surface area contributed by atoms with Gasteiger partial charge in [0, 0.05) is 35.1 Å². The van der Waals surface area contributed by atoms with E-state index in [1.54, 1.807) is 42.5 Å². The molecule has 1 aliphatic rings. The number of benzene rings is 3. The van der Waals surface area contributed by atoms with Crippen molar-refractivity contribution >= 4 is 29.0 Å². The highest BCUT2D eigenvalue weighted by Gasteiger charge is 2.41. The van der Waals surface area contributed by atoms with Crippen LogP contribution in [0.1, 0.15) is 34.3 Å². The summed E-state index contributed by atoms with van der Waals surface area (Å²) in [6.45, 7) is 1.01. The lowest BCUT2D eigenvalue weighted by atomic mass is 9.73. The van der Waals surface area contributed by atoms with Crippen LogP contribution in [-0.4, -0.2) is 24.9 Å². The molecule has 4 rings (SSSR count). The van der Waals surface area contributed by atoms with Gasteiger partial charge in [-0.05, 0) is 42.7 Å². The molecule has 1 fully saturated rings. The SMILES string of the molecule is O=C(c1ccccc1)c1cccc(NC(=O)C2(c3cccc(Cl)c3)CCOCC2)c1. The van der Waals surface area contributed by atoms with Crippen LogP contribution in [0.2, 0.25) is 5.02 Å². The molecule has 0 bridgehead atoms. The zero-order chi connectivity index (χ0) is 21.0. The van der Waals surface area contributed by atoms with Gasteiger partial charge in [-0.25, -0.2) is 0 Å². The van der Waals surface area contributed by atoms with Gasteiger partial charge in [0.15, 0.2) is 5.78 Å². The molecule has 3 aromatic rings. The standard InChI is InChI=1S/C25H22ClNO3/c26-21-10-5-9-20(17-21)25(12-14-30-15-13-25)24(29)27-22-11-4-8-19(16-22)23(28)18-6-2-1-3-7-18/h1-11,16-17H,12-15H2,(H,27,29). The smallest absolute Gasteiger partial charge is 0.235 e. The van der Waals surface area contributed by atoms with Gasteiger partial charge in [-0.15, -0.1) is 0 Å². The summed E-state index contributed by atoms with van der Waals surface area (Å²) in [5.41, 5.74) is 1.90. The summed E-state index contributed by atoms with van der Waals surface area (Å²) in [7, 11) is 0. The molecule has 0 spiro atoms. The fraction of sp³-hybridized carbons (Fsp3) is 0.200. The number of hydrogen-bond donors (Lipinski definition) is 1. The van der Waals surface area contributed by atoms with E-state index in [1.807, 2.05) is 36.4 Å². The van der Waals surface area contributed by atoms with Gasteiger partial charge in [0.2, 0.25) is 5.91 Å². The third-order valence-electron chi connectivity index (χ3n) is 5.58. The molecule has 0 unspecified atom stereocenters. The van der Waals surface area contributed by atoms with E-state index < -0.39 is 5.41 Å². The summed E-state index contributed by atoms with van der Waals surface area (Å²) >= 11 is 6.20. The highest BCUT2D eigenvalue weighted by atomic mass is 35.5. The second-order valence-electron chi connectivity index (χ2n) is 7.43. The predicted molar refractivity (Wildman–Crippen MR) is 118 cm³/mol. The molecule has 0 saturated carbocycles. The van der Waals surface area contributed by atoms with Crippen LogP contribution >= 0.6 is 11.6 Å². The van der Waals surface area contributed by atoms with E-state index in [-0.39, 0.29) is 11.7 Å². The van der Waals surface area contributed by atoms with Crippen LogP contribution in [0.3, 0.4) is 0 Å². The van der Waals surface area contributed by atoms with Crippen LogP contribution in [0.15, 0.2) is 78.9 Å². The maximum absolute atomic E-state index is 13.5. The van der Waals surface area contributed by atoms with Gasteiger partial charge >= 0.3 is 0 Å². The summed E-state index contributed by atoms with van der Waals surface area (Å²) in [5.74, 6) is -0.195. The van der Waals surface area contributed by atoms with Crippen molar-refractivity contribution in [2.75, 3.05) is 18.5 Å². The van der Waals surface area contributed by atoms with Crippen LogP contribution in [0.25, 0.3) is 0 Å². The molecule has 1 saturated heterocycles. The van der Waals surface area contributed by atoms with Crippen molar-refractivity contribution in [1.29, 1.82) is 0 Å². The molecule has 5 heteroatoms. The summed E-state index contributed by atoms with van der Waals surface area (Å²) in [5, 5.41) is 3.63. The van der Waals surface area contributed by atoms with Gasteiger partial charge in [0.25, 0.3) is 0 Å². The first-order chi connectivity index (χ1) is 14.6. The molecule has 152 valence electrons. The van der Waals surface area contributed by atoms with Gasteiger partial charge in [-0.3, -0.25) is 9.59 Å². The Balaban J connectivity index is 1.61. The molecule has 0 aliphatic carbocycles. The van der Waals surface area contributed by atoms with E-state index in [0.29, 0.717) is 47.9 Å². The second kappa shape index (κ2) is 8.82. The maximum atomic E-state index is 13.5. The van der Waals surface area contributed by atoms with Gasteiger partial charge in [-0.1, -0.05) is 66.2 Å². The minimum absolute atomic E-state index is 0.0812. The number of anilines is 1. The van der Waals surface area contributed by atoms with Crippen LogP contribution in [0.4, 0.5) is 5.69 Å². The summed E-state index contributed by atoms with van der Waals surface area (Å²) in [6.07, 6.45) is 1.14. The zero-order valence-corrected chi connectivity index (χ0v) is 17.2. The molecule has 1 heterocycles. The third kappa shape index (κ3) is 4.16. The molecular formula is C25H22ClNO3. The van der Waals surface area contributed by atoms with E-state index in [4.69, 9.17) is 16.3 Å². The molecule has 30 heavy (non-hydrogen) atoms. The summed E-state index contributed by atoms with van der Waals surface area (Å²) in [4.78, 5) is 26.2. The average Bonchev–Trinajstić information content (AvgIpc) is 2.80. The fourth-order valence-corrected chi connectivity index (χ4v) is 4.09. The van der Waals surface area contributed by atoms with E-state index in [9.17, 15) is 9.59 Å². The Morgan fingerprint density at radius 2 is 1.53 bits per heavy atom. The molecule has 0 atom stereocenters. The van der Waals surface area contributed by atoms with Crippen LogP contribution in [-0.2, 0) is 14.9 Å². The fourth-order valence-electron chi connectivity index (χ4n) is 3.90. The third-order valence-corrected chi connectivity index (χ3v) is 5.81. The monoisotopic (exact) mass is 419 g/mol. The quantitative estimate of drug-likeness (QED) is 0.574. The number of rotatable bonds is 5. The molecule has 0 aromatic heterocycles. The van der Waals surface area contributed by atoms with Crippen molar-refractivity contribution in [2.45, 2.75) is 18.3 Å². The van der Waals surface area contributed by atoms with Crippen molar-refractivity contribution in [3.8, 4) is 0 Å². The molecule has 1 amide bonds. The van der Waals surface area contributed by atoms with E-state index in [0.717, 1.165) is 5.56 Å². The van der Waals surface area contributed by atoms with Gasteiger partial charge in [0.05, 0.1) is 5.41 Å². The Morgan fingerprint density at radius 1 is 0.833 bits per heavy atom. The molecule has 0 radical (unpaired) electrons. The van der Waals surface area contributed by atoms with Crippen molar-refractivity contribution in [1.82, 2.24) is 0 Å². The van der Waals surface area contributed by atoms with Gasteiger partial charge in [-0.2, -0.15) is 0 Å². The van der Waals surface area contributed by atoms with Crippen molar-refractivity contribution in [3.05, 3.63) is 101 Å². The van der Waals surface area contributed by atoms with Crippen molar-refractivity contribution in [2.24, 2.45) is 0 Å². The zero-order valence-electron chi connectivity index (χ0n) is 16.4. The Kier molecular flexibility index (Phi) is 5.98. The second-order valence-corrected chi connectivity index (χ2v) is 7.87. The summed E-state index contributed by atoms with van der Waals surface area (Å²) < 4.78 is 5.52. The largest absolute Gasteiger partial charge is 0.381 e. The highest BCUT2D eigenvalue weighted by molar-refractivity contribution is 6.30. The van der Waals surface area contributed by atoms with Crippen LogP contribution in [0, 0.1) is 0 Å². The van der Waals surface area contributed by atoms with Crippen molar-refractivity contribution in [3.63, 3.8) is 0 Å². The lowest BCUT2D eigenvalue weighted by Crippen LogP contribution is -2.44. The van der Waals surface area contributed by atoms with Crippen LogP contribution < -0.4 is 5.32 Å². The number of ketones is 1. The summed E-state index contributed by atoms with van der Waals surface area (Å²) in [6, 6.07) is 23.6. The Bertz CT molecular complexity index is 1060. The number of ether oxygens (including phenoxy) is 1. The minimum atomic E-state index is -0.720. The number of nitrogens with one attached hydrogen (secondary N) is 1. The molecule has 3 aromatic carbocycles. The van der Waals surface area contributed by atoms with E-state index in [2.05, 4.69) is 5.32 Å².